The van der Waals surface area contributed by atoms with E-state index in [9.17, 15) is 0 Å². The first-order valence-corrected chi connectivity index (χ1v) is 5.08. The largest absolute Gasteiger partial charge is 0.396 e. The third-order valence-electron chi connectivity index (χ3n) is 2.34. The van der Waals surface area contributed by atoms with E-state index < -0.39 is 0 Å². The van der Waals surface area contributed by atoms with Crippen molar-refractivity contribution >= 4 is 0 Å². The molecule has 76 valence electrons. The van der Waals surface area contributed by atoms with Crippen LogP contribution in [0.5, 0.6) is 0 Å². The number of benzene rings is 1. The van der Waals surface area contributed by atoms with Crippen LogP contribution in [-0.2, 0) is 0 Å². The van der Waals surface area contributed by atoms with Gasteiger partial charge in [0.05, 0.1) is 0 Å². The minimum absolute atomic E-state index is 0.220. The molecule has 1 heteroatoms. The van der Waals surface area contributed by atoms with E-state index in [1.807, 2.05) is 13.0 Å². The summed E-state index contributed by atoms with van der Waals surface area (Å²) in [5.41, 5.74) is 1.31. The highest BCUT2D eigenvalue weighted by molar-refractivity contribution is 5.22. The standard InChI is InChI=1S/C13H18O/c1-11(10-14)8-9-12(2)13-6-4-3-5-7-13/h3-9,11-12,14H,10H2,1-2H3/b9-8+/t11-,12-/m1/s1. The smallest absolute Gasteiger partial charge is 0.0491 e. The van der Waals surface area contributed by atoms with Crippen LogP contribution >= 0.6 is 0 Å². The molecule has 0 radical (unpaired) electrons. The Labute approximate surface area is 86.1 Å². The van der Waals surface area contributed by atoms with Crippen molar-refractivity contribution in [1.29, 1.82) is 0 Å². The molecule has 1 aromatic carbocycles. The van der Waals surface area contributed by atoms with Crippen molar-refractivity contribution in [3.63, 3.8) is 0 Å². The van der Waals surface area contributed by atoms with Crippen molar-refractivity contribution in [3.05, 3.63) is 48.0 Å². The summed E-state index contributed by atoms with van der Waals surface area (Å²) in [7, 11) is 0. The van der Waals surface area contributed by atoms with Gasteiger partial charge in [0.25, 0.3) is 0 Å². The van der Waals surface area contributed by atoms with Gasteiger partial charge in [0.15, 0.2) is 0 Å². The maximum atomic E-state index is 8.87. The van der Waals surface area contributed by atoms with Crippen LogP contribution in [-0.4, -0.2) is 11.7 Å². The van der Waals surface area contributed by atoms with E-state index in [1.54, 1.807) is 0 Å². The number of aliphatic hydroxyl groups excluding tert-OH is 1. The Bertz CT molecular complexity index is 277. The molecule has 0 heterocycles. The summed E-state index contributed by atoms with van der Waals surface area (Å²) in [5.74, 6) is 0.673. The fourth-order valence-electron chi connectivity index (χ4n) is 1.28. The highest BCUT2D eigenvalue weighted by atomic mass is 16.3. The van der Waals surface area contributed by atoms with Crippen LogP contribution in [0.4, 0.5) is 0 Å². The van der Waals surface area contributed by atoms with Crippen molar-refractivity contribution in [2.75, 3.05) is 6.61 Å². The van der Waals surface area contributed by atoms with E-state index in [4.69, 9.17) is 5.11 Å². The van der Waals surface area contributed by atoms with Crippen molar-refractivity contribution in [2.24, 2.45) is 5.92 Å². The molecule has 1 nitrogen and oxygen atoms in total. The molecule has 1 N–H and O–H groups in total. The second-order valence-electron chi connectivity index (χ2n) is 3.74. The third-order valence-corrected chi connectivity index (χ3v) is 2.34. The molecule has 0 amide bonds. The molecule has 0 aromatic heterocycles. The van der Waals surface area contributed by atoms with Gasteiger partial charge in [0.2, 0.25) is 0 Å². The molecule has 1 rings (SSSR count). The Morgan fingerprint density at radius 2 is 1.79 bits per heavy atom. The SMILES string of the molecule is C[C@H](/C=C/[C@@H](C)c1ccccc1)CO. The topological polar surface area (TPSA) is 20.2 Å². The molecular weight excluding hydrogens is 172 g/mol. The first-order valence-electron chi connectivity index (χ1n) is 5.08. The zero-order chi connectivity index (χ0) is 10.4. The van der Waals surface area contributed by atoms with Crippen molar-refractivity contribution in [3.8, 4) is 0 Å². The first-order chi connectivity index (χ1) is 6.74. The monoisotopic (exact) mass is 190 g/mol. The fourth-order valence-corrected chi connectivity index (χ4v) is 1.28. The minimum atomic E-state index is 0.220. The van der Waals surface area contributed by atoms with Crippen LogP contribution in [0.1, 0.15) is 25.3 Å². The molecule has 0 bridgehead atoms. The van der Waals surface area contributed by atoms with E-state index in [1.165, 1.54) is 5.56 Å². The minimum Gasteiger partial charge on any atom is -0.396 e. The predicted molar refractivity (Wildman–Crippen MR) is 60.2 cm³/mol. The lowest BCUT2D eigenvalue weighted by Gasteiger charge is -2.07. The van der Waals surface area contributed by atoms with Crippen molar-refractivity contribution < 1.29 is 5.11 Å². The summed E-state index contributed by atoms with van der Waals surface area (Å²) in [6.07, 6.45) is 4.22. The van der Waals surface area contributed by atoms with Crippen LogP contribution in [0.15, 0.2) is 42.5 Å². The van der Waals surface area contributed by atoms with Crippen molar-refractivity contribution in [2.45, 2.75) is 19.8 Å². The quantitative estimate of drug-likeness (QED) is 0.724. The average Bonchev–Trinajstić information content (AvgIpc) is 2.26. The van der Waals surface area contributed by atoms with Gasteiger partial charge in [0.1, 0.15) is 0 Å². The number of hydrogen-bond acceptors (Lipinski definition) is 1. The number of rotatable bonds is 4. The maximum Gasteiger partial charge on any atom is 0.0491 e. The van der Waals surface area contributed by atoms with Gasteiger partial charge in [-0.05, 0) is 17.4 Å². The van der Waals surface area contributed by atoms with Crippen LogP contribution in [0.2, 0.25) is 0 Å². The van der Waals surface area contributed by atoms with Gasteiger partial charge in [-0.25, -0.2) is 0 Å². The van der Waals surface area contributed by atoms with Gasteiger partial charge < -0.3 is 5.11 Å². The lowest BCUT2D eigenvalue weighted by Crippen LogP contribution is -1.96. The Morgan fingerprint density at radius 3 is 2.36 bits per heavy atom. The Kier molecular flexibility index (Phi) is 4.41. The molecule has 0 spiro atoms. The molecular formula is C13H18O. The van der Waals surface area contributed by atoms with Crippen molar-refractivity contribution in [1.82, 2.24) is 0 Å². The molecule has 0 unspecified atom stereocenters. The molecule has 0 aliphatic rings. The Morgan fingerprint density at radius 1 is 1.14 bits per heavy atom. The molecule has 14 heavy (non-hydrogen) atoms. The summed E-state index contributed by atoms with van der Waals surface area (Å²) in [4.78, 5) is 0. The summed E-state index contributed by atoms with van der Waals surface area (Å²) < 4.78 is 0. The summed E-state index contributed by atoms with van der Waals surface area (Å²) >= 11 is 0. The van der Waals surface area contributed by atoms with E-state index in [0.29, 0.717) is 5.92 Å². The summed E-state index contributed by atoms with van der Waals surface area (Å²) in [6, 6.07) is 10.4. The molecule has 2 atom stereocenters. The van der Waals surface area contributed by atoms with Crippen LogP contribution < -0.4 is 0 Å². The molecule has 0 aliphatic carbocycles. The zero-order valence-electron chi connectivity index (χ0n) is 8.85. The summed E-state index contributed by atoms with van der Waals surface area (Å²) in [6.45, 7) is 4.39. The van der Waals surface area contributed by atoms with Gasteiger partial charge in [-0.15, -0.1) is 0 Å². The number of hydrogen-bond donors (Lipinski definition) is 1. The molecule has 0 aliphatic heterocycles. The van der Waals surface area contributed by atoms with E-state index in [-0.39, 0.29) is 12.5 Å². The Hall–Kier alpha value is -1.08. The van der Waals surface area contributed by atoms with Gasteiger partial charge in [-0.2, -0.15) is 0 Å². The van der Waals surface area contributed by atoms with E-state index in [0.717, 1.165) is 0 Å². The second kappa shape index (κ2) is 5.61. The lowest BCUT2D eigenvalue weighted by atomic mass is 9.99. The van der Waals surface area contributed by atoms with Crippen LogP contribution in [0.25, 0.3) is 0 Å². The van der Waals surface area contributed by atoms with Gasteiger partial charge in [0, 0.05) is 6.61 Å². The predicted octanol–water partition coefficient (Wildman–Crippen LogP) is 2.97. The average molecular weight is 190 g/mol. The normalized spacial score (nSPS) is 15.6. The van der Waals surface area contributed by atoms with Gasteiger partial charge in [-0.1, -0.05) is 56.3 Å². The maximum absolute atomic E-state index is 8.87. The van der Waals surface area contributed by atoms with Crippen LogP contribution in [0, 0.1) is 5.92 Å². The zero-order valence-corrected chi connectivity index (χ0v) is 8.85. The molecule has 0 fully saturated rings. The molecule has 0 saturated carbocycles. The van der Waals surface area contributed by atoms with E-state index in [2.05, 4.69) is 43.3 Å². The highest BCUT2D eigenvalue weighted by Gasteiger charge is 2.00. The Balaban J connectivity index is 2.59. The number of allylic oxidation sites excluding steroid dienone is 1. The van der Waals surface area contributed by atoms with E-state index >= 15 is 0 Å². The van der Waals surface area contributed by atoms with Crippen LogP contribution in [0.3, 0.4) is 0 Å². The van der Waals surface area contributed by atoms with Gasteiger partial charge in [-0.3, -0.25) is 0 Å². The van der Waals surface area contributed by atoms with Gasteiger partial charge >= 0.3 is 0 Å². The molecule has 0 saturated heterocycles. The fraction of sp³-hybridized carbons (Fsp3) is 0.385. The molecule has 1 aromatic rings. The first kappa shape index (κ1) is 11.0. The lowest BCUT2D eigenvalue weighted by molar-refractivity contribution is 0.261. The summed E-state index contributed by atoms with van der Waals surface area (Å²) in [5, 5.41) is 8.87. The number of aliphatic hydroxyl groups is 1. The third kappa shape index (κ3) is 3.35. The second-order valence-corrected chi connectivity index (χ2v) is 3.74. The highest BCUT2D eigenvalue weighted by Crippen LogP contribution is 2.16.